The van der Waals surface area contributed by atoms with Gasteiger partial charge in [-0.05, 0) is 18.6 Å². The van der Waals surface area contributed by atoms with Crippen LogP contribution >= 0.6 is 0 Å². The van der Waals surface area contributed by atoms with Crippen molar-refractivity contribution >= 4 is 17.4 Å². The third-order valence-electron chi connectivity index (χ3n) is 2.50. The average Bonchev–Trinajstić information content (AvgIpc) is 2.29. The number of amides is 1. The number of rotatable bonds is 4. The van der Waals surface area contributed by atoms with Gasteiger partial charge in [0.1, 0.15) is 0 Å². The summed E-state index contributed by atoms with van der Waals surface area (Å²) in [5.74, 6) is 0.738. The van der Waals surface area contributed by atoms with E-state index in [2.05, 4.69) is 10.3 Å². The predicted octanol–water partition coefficient (Wildman–Crippen LogP) is 0.545. The van der Waals surface area contributed by atoms with E-state index in [1.54, 1.807) is 13.2 Å². The van der Waals surface area contributed by atoms with E-state index in [1.807, 2.05) is 24.9 Å². The Morgan fingerprint density at radius 3 is 2.94 bits per heavy atom. The summed E-state index contributed by atoms with van der Waals surface area (Å²) < 4.78 is 0. The Morgan fingerprint density at radius 1 is 1.62 bits per heavy atom. The molecule has 0 unspecified atom stereocenters. The number of aromatic nitrogens is 1. The lowest BCUT2D eigenvalue weighted by molar-refractivity contribution is -0.120. The van der Waals surface area contributed by atoms with Crippen LogP contribution in [0, 0.1) is 6.92 Å². The topological polar surface area (TPSA) is 71.2 Å². The molecule has 88 valence electrons. The summed E-state index contributed by atoms with van der Waals surface area (Å²) in [6.07, 6.45) is 2.15. The van der Waals surface area contributed by atoms with Gasteiger partial charge in [-0.15, -0.1) is 0 Å². The Balaban J connectivity index is 2.69. The maximum atomic E-state index is 11.1. The molecule has 1 aromatic heterocycles. The first-order chi connectivity index (χ1) is 7.56. The fourth-order valence-electron chi connectivity index (χ4n) is 1.36. The molecule has 0 saturated heterocycles. The maximum Gasteiger partial charge on any atom is 0.221 e. The zero-order valence-corrected chi connectivity index (χ0v) is 9.95. The van der Waals surface area contributed by atoms with Crippen LogP contribution in [0.15, 0.2) is 12.3 Å². The van der Waals surface area contributed by atoms with Gasteiger partial charge in [0, 0.05) is 33.3 Å². The molecule has 0 saturated carbocycles. The molecule has 1 rings (SSSR count). The van der Waals surface area contributed by atoms with Crippen molar-refractivity contribution in [3.05, 3.63) is 17.8 Å². The second-order valence-corrected chi connectivity index (χ2v) is 3.71. The number of nitrogens with two attached hydrogens (primary N) is 1. The van der Waals surface area contributed by atoms with Crippen molar-refractivity contribution in [3.63, 3.8) is 0 Å². The average molecular weight is 222 g/mol. The van der Waals surface area contributed by atoms with Crippen molar-refractivity contribution in [1.82, 2.24) is 10.3 Å². The van der Waals surface area contributed by atoms with Crippen molar-refractivity contribution < 1.29 is 4.79 Å². The van der Waals surface area contributed by atoms with Crippen LogP contribution in [0.3, 0.4) is 0 Å². The number of hydrogen-bond donors (Lipinski definition) is 2. The number of anilines is 2. The second-order valence-electron chi connectivity index (χ2n) is 3.71. The van der Waals surface area contributed by atoms with Crippen molar-refractivity contribution in [2.75, 3.05) is 31.3 Å². The molecule has 1 aromatic rings. The van der Waals surface area contributed by atoms with Crippen LogP contribution < -0.4 is 16.0 Å². The Morgan fingerprint density at radius 2 is 2.31 bits per heavy atom. The van der Waals surface area contributed by atoms with Gasteiger partial charge in [-0.2, -0.15) is 0 Å². The van der Waals surface area contributed by atoms with E-state index in [9.17, 15) is 4.79 Å². The Hall–Kier alpha value is -1.78. The summed E-state index contributed by atoms with van der Waals surface area (Å²) in [7, 11) is 3.50. The Labute approximate surface area is 95.7 Å². The summed E-state index contributed by atoms with van der Waals surface area (Å²) in [6, 6.07) is 1.87. The fraction of sp³-hybridized carbons (Fsp3) is 0.455. The van der Waals surface area contributed by atoms with Gasteiger partial charge in [-0.3, -0.25) is 4.79 Å². The normalized spacial score (nSPS) is 9.94. The van der Waals surface area contributed by atoms with Crippen LogP contribution in [0.5, 0.6) is 0 Å². The molecule has 1 heterocycles. The quantitative estimate of drug-likeness (QED) is 0.780. The van der Waals surface area contributed by atoms with Gasteiger partial charge in [-0.1, -0.05) is 0 Å². The number of pyridine rings is 1. The van der Waals surface area contributed by atoms with Gasteiger partial charge < -0.3 is 16.0 Å². The molecular weight excluding hydrogens is 204 g/mol. The molecule has 0 aliphatic rings. The molecule has 0 bridgehead atoms. The molecule has 0 radical (unpaired) electrons. The highest BCUT2D eigenvalue weighted by Gasteiger charge is 2.09. The number of aryl methyl sites for hydroxylation is 1. The molecule has 1 amide bonds. The lowest BCUT2D eigenvalue weighted by Crippen LogP contribution is -2.27. The molecule has 0 atom stereocenters. The van der Waals surface area contributed by atoms with Gasteiger partial charge in [-0.25, -0.2) is 4.98 Å². The molecule has 16 heavy (non-hydrogen) atoms. The van der Waals surface area contributed by atoms with Crippen LogP contribution in [0.25, 0.3) is 0 Å². The number of carbonyl (C=O) groups is 1. The van der Waals surface area contributed by atoms with Crippen LogP contribution in [-0.4, -0.2) is 31.5 Å². The van der Waals surface area contributed by atoms with E-state index in [0.29, 0.717) is 18.7 Å². The minimum Gasteiger partial charge on any atom is -0.396 e. The number of nitrogens with one attached hydrogen (secondary N) is 1. The highest BCUT2D eigenvalue weighted by atomic mass is 16.1. The van der Waals surface area contributed by atoms with Crippen LogP contribution in [-0.2, 0) is 4.79 Å². The minimum atomic E-state index is 0.0121. The summed E-state index contributed by atoms with van der Waals surface area (Å²) >= 11 is 0. The summed E-state index contributed by atoms with van der Waals surface area (Å²) in [4.78, 5) is 17.2. The van der Waals surface area contributed by atoms with Crippen molar-refractivity contribution in [3.8, 4) is 0 Å². The van der Waals surface area contributed by atoms with Crippen LogP contribution in [0.1, 0.15) is 12.0 Å². The minimum absolute atomic E-state index is 0.0121. The van der Waals surface area contributed by atoms with Crippen LogP contribution in [0.2, 0.25) is 0 Å². The lowest BCUT2D eigenvalue weighted by atomic mass is 10.2. The first-order valence-corrected chi connectivity index (χ1v) is 5.19. The molecule has 3 N–H and O–H groups in total. The first kappa shape index (κ1) is 12.3. The fourth-order valence-corrected chi connectivity index (χ4v) is 1.36. The zero-order chi connectivity index (χ0) is 12.1. The van der Waals surface area contributed by atoms with Crippen molar-refractivity contribution in [2.45, 2.75) is 13.3 Å². The van der Waals surface area contributed by atoms with Gasteiger partial charge in [0.15, 0.2) is 5.82 Å². The molecule has 0 fully saturated rings. The number of carbonyl (C=O) groups excluding carboxylic acids is 1. The van der Waals surface area contributed by atoms with Crippen molar-refractivity contribution in [1.29, 1.82) is 0 Å². The molecule has 0 aliphatic heterocycles. The largest absolute Gasteiger partial charge is 0.396 e. The zero-order valence-electron chi connectivity index (χ0n) is 9.95. The third-order valence-corrected chi connectivity index (χ3v) is 2.50. The smallest absolute Gasteiger partial charge is 0.221 e. The first-order valence-electron chi connectivity index (χ1n) is 5.19. The number of nitrogen functional groups attached to an aromatic ring is 1. The maximum absolute atomic E-state index is 11.1. The molecule has 0 spiro atoms. The van der Waals surface area contributed by atoms with Gasteiger partial charge >= 0.3 is 0 Å². The van der Waals surface area contributed by atoms with Crippen LogP contribution in [0.4, 0.5) is 11.5 Å². The summed E-state index contributed by atoms with van der Waals surface area (Å²) in [6.45, 7) is 2.54. The van der Waals surface area contributed by atoms with E-state index >= 15 is 0 Å². The molecule has 5 nitrogen and oxygen atoms in total. The second kappa shape index (κ2) is 5.34. The van der Waals surface area contributed by atoms with E-state index in [-0.39, 0.29) is 5.91 Å². The third kappa shape index (κ3) is 2.85. The van der Waals surface area contributed by atoms with E-state index in [1.165, 1.54) is 0 Å². The number of nitrogens with zero attached hydrogens (tertiary/aromatic N) is 2. The lowest BCUT2D eigenvalue weighted by Gasteiger charge is -2.20. The highest BCUT2D eigenvalue weighted by Crippen LogP contribution is 2.21. The number of hydrogen-bond acceptors (Lipinski definition) is 4. The van der Waals surface area contributed by atoms with E-state index in [0.717, 1.165) is 11.4 Å². The van der Waals surface area contributed by atoms with Gasteiger partial charge in [0.2, 0.25) is 5.91 Å². The summed E-state index contributed by atoms with van der Waals surface area (Å²) in [5, 5.41) is 2.58. The monoisotopic (exact) mass is 222 g/mol. The van der Waals surface area contributed by atoms with Gasteiger partial charge in [0.25, 0.3) is 0 Å². The van der Waals surface area contributed by atoms with E-state index in [4.69, 9.17) is 5.73 Å². The molecule has 0 aromatic carbocycles. The van der Waals surface area contributed by atoms with E-state index < -0.39 is 0 Å². The van der Waals surface area contributed by atoms with Crippen molar-refractivity contribution in [2.24, 2.45) is 0 Å². The highest BCUT2D eigenvalue weighted by molar-refractivity contribution is 5.76. The predicted molar refractivity (Wildman–Crippen MR) is 65.3 cm³/mol. The Bertz CT molecular complexity index is 378. The Kier molecular flexibility index (Phi) is 4.10. The molecule has 5 heteroatoms. The standard InChI is InChI=1S/C11H18N4O/c1-8-4-6-14-11(10(8)12)15(3)7-5-9(16)13-2/h4,6H,5,7,12H2,1-3H3,(H,13,16). The summed E-state index contributed by atoms with van der Waals surface area (Å²) in [5.41, 5.74) is 7.58. The SMILES string of the molecule is CNC(=O)CCN(C)c1nccc(C)c1N. The van der Waals surface area contributed by atoms with Gasteiger partial charge in [0.05, 0.1) is 5.69 Å². The molecular formula is C11H18N4O. The molecule has 0 aliphatic carbocycles.